The van der Waals surface area contributed by atoms with Gasteiger partial charge in [0.15, 0.2) is 5.78 Å². The molecular formula is C15H14Cl2O. The maximum atomic E-state index is 12.2. The van der Waals surface area contributed by atoms with Gasteiger partial charge in [0.2, 0.25) is 0 Å². The number of hydrogen-bond donors (Lipinski definition) is 0. The first-order valence-electron chi connectivity index (χ1n) is 5.81. The summed E-state index contributed by atoms with van der Waals surface area (Å²) < 4.78 is 0. The lowest BCUT2D eigenvalue weighted by Gasteiger charge is -2.26. The molecule has 0 aromatic heterocycles. The molecule has 1 aliphatic carbocycles. The van der Waals surface area contributed by atoms with E-state index in [4.69, 9.17) is 23.2 Å². The van der Waals surface area contributed by atoms with Crippen molar-refractivity contribution in [3.63, 3.8) is 0 Å². The Morgan fingerprint density at radius 3 is 2.11 bits per heavy atom. The summed E-state index contributed by atoms with van der Waals surface area (Å²) in [5.74, 6) is 0.735. The summed E-state index contributed by atoms with van der Waals surface area (Å²) in [6.07, 6.45) is 7.66. The first-order chi connectivity index (χ1) is 8.71. The smallest absolute Gasteiger partial charge is 0.173 e. The highest BCUT2D eigenvalue weighted by Crippen LogP contribution is 2.31. The van der Waals surface area contributed by atoms with Crippen molar-refractivity contribution < 1.29 is 4.79 Å². The van der Waals surface area contributed by atoms with Crippen LogP contribution in [0.15, 0.2) is 54.6 Å². The van der Waals surface area contributed by atoms with E-state index in [1.807, 2.05) is 54.6 Å². The molecule has 0 unspecified atom stereocenters. The van der Waals surface area contributed by atoms with Crippen LogP contribution in [-0.4, -0.2) is 17.5 Å². The van der Waals surface area contributed by atoms with Crippen molar-refractivity contribution in [1.29, 1.82) is 0 Å². The van der Waals surface area contributed by atoms with Crippen LogP contribution in [0.1, 0.15) is 10.4 Å². The summed E-state index contributed by atoms with van der Waals surface area (Å²) in [4.78, 5) is 12.2. The van der Waals surface area contributed by atoms with Gasteiger partial charge in [0, 0.05) is 22.7 Å². The van der Waals surface area contributed by atoms with Crippen LogP contribution in [0.2, 0.25) is 0 Å². The molecular weight excluding hydrogens is 267 g/mol. The maximum Gasteiger partial charge on any atom is 0.173 e. The van der Waals surface area contributed by atoms with Crippen molar-refractivity contribution in [2.75, 3.05) is 11.8 Å². The highest BCUT2D eigenvalue weighted by molar-refractivity contribution is 6.22. The quantitative estimate of drug-likeness (QED) is 0.462. The zero-order chi connectivity index (χ0) is 13.0. The summed E-state index contributed by atoms with van der Waals surface area (Å²) in [6.45, 7) is 0. The van der Waals surface area contributed by atoms with Crippen LogP contribution in [0.25, 0.3) is 0 Å². The third-order valence-electron chi connectivity index (χ3n) is 3.13. The number of ketones is 1. The Labute approximate surface area is 117 Å². The lowest BCUT2D eigenvalue weighted by molar-refractivity contribution is 0.0964. The van der Waals surface area contributed by atoms with Crippen LogP contribution in [0.3, 0.4) is 0 Å². The number of Topliss-reactive ketones (excluding diaryl/α,β-unsaturated/α-hetero) is 1. The van der Waals surface area contributed by atoms with Crippen molar-refractivity contribution in [2.45, 2.75) is 0 Å². The minimum atomic E-state index is -0.309. The molecule has 0 bridgehead atoms. The topological polar surface area (TPSA) is 17.1 Å². The van der Waals surface area contributed by atoms with E-state index in [9.17, 15) is 4.79 Å². The lowest BCUT2D eigenvalue weighted by Crippen LogP contribution is -2.24. The fourth-order valence-corrected chi connectivity index (χ4v) is 2.54. The van der Waals surface area contributed by atoms with Gasteiger partial charge in [-0.2, -0.15) is 0 Å². The monoisotopic (exact) mass is 280 g/mol. The van der Waals surface area contributed by atoms with Gasteiger partial charge in [-0.15, -0.1) is 23.2 Å². The second-order valence-corrected chi connectivity index (χ2v) is 5.01. The Balaban J connectivity index is 2.15. The van der Waals surface area contributed by atoms with E-state index in [-0.39, 0.29) is 17.1 Å². The molecule has 2 rings (SSSR count). The molecule has 0 saturated carbocycles. The van der Waals surface area contributed by atoms with Crippen molar-refractivity contribution >= 4 is 29.0 Å². The van der Waals surface area contributed by atoms with Crippen LogP contribution in [0, 0.1) is 11.3 Å². The molecule has 94 valence electrons. The molecule has 0 atom stereocenters. The number of rotatable bonds is 4. The van der Waals surface area contributed by atoms with Gasteiger partial charge < -0.3 is 0 Å². The number of carbonyl (C=O) groups is 1. The molecule has 0 saturated heterocycles. The van der Waals surface area contributed by atoms with E-state index in [2.05, 4.69) is 0 Å². The van der Waals surface area contributed by atoms with Gasteiger partial charge in [-0.05, 0) is 0 Å². The van der Waals surface area contributed by atoms with Gasteiger partial charge in [0.05, 0.1) is 5.92 Å². The summed E-state index contributed by atoms with van der Waals surface area (Å²) in [5, 5.41) is 0. The van der Waals surface area contributed by atoms with E-state index in [0.717, 1.165) is 5.56 Å². The summed E-state index contributed by atoms with van der Waals surface area (Å²) in [7, 11) is 0. The third-order valence-corrected chi connectivity index (χ3v) is 4.12. The second kappa shape index (κ2) is 5.73. The van der Waals surface area contributed by atoms with Gasteiger partial charge >= 0.3 is 0 Å². The number of hydrogen-bond acceptors (Lipinski definition) is 1. The Hall–Kier alpha value is -1.05. The van der Waals surface area contributed by atoms with Gasteiger partial charge in [-0.3, -0.25) is 4.79 Å². The van der Waals surface area contributed by atoms with E-state index in [1.54, 1.807) is 0 Å². The lowest BCUT2D eigenvalue weighted by atomic mass is 9.82. The van der Waals surface area contributed by atoms with E-state index < -0.39 is 0 Å². The highest BCUT2D eigenvalue weighted by atomic mass is 35.5. The molecule has 3 heteroatoms. The number of benzene rings is 1. The van der Waals surface area contributed by atoms with Gasteiger partial charge in [-0.1, -0.05) is 54.6 Å². The Morgan fingerprint density at radius 2 is 1.61 bits per heavy atom. The second-order valence-electron chi connectivity index (χ2n) is 4.47. The molecule has 1 aromatic rings. The van der Waals surface area contributed by atoms with Gasteiger partial charge in [0.25, 0.3) is 0 Å². The summed E-state index contributed by atoms with van der Waals surface area (Å²) in [6, 6.07) is 9.29. The maximum absolute atomic E-state index is 12.2. The average Bonchev–Trinajstić information content (AvgIpc) is 2.47. The van der Waals surface area contributed by atoms with Crippen molar-refractivity contribution in [3.05, 3.63) is 60.2 Å². The standard InChI is InChI=1S/C15H14Cl2O/c16-10-15(11-17)8-6-13(7-9-15)14(18)12-4-2-1-3-5-12/h1-9,13H,10-11H2. The van der Waals surface area contributed by atoms with Gasteiger partial charge in [0.1, 0.15) is 0 Å². The molecule has 0 aliphatic heterocycles. The van der Waals surface area contributed by atoms with Crippen LogP contribution < -0.4 is 0 Å². The molecule has 1 aliphatic rings. The molecule has 0 radical (unpaired) electrons. The number of alkyl halides is 2. The van der Waals surface area contributed by atoms with Crippen molar-refractivity contribution in [1.82, 2.24) is 0 Å². The Morgan fingerprint density at radius 1 is 1.06 bits per heavy atom. The first kappa shape index (κ1) is 13.4. The molecule has 1 aromatic carbocycles. The fourth-order valence-electron chi connectivity index (χ4n) is 1.89. The highest BCUT2D eigenvalue weighted by Gasteiger charge is 2.27. The summed E-state index contributed by atoms with van der Waals surface area (Å²) >= 11 is 11.8. The average molecular weight is 281 g/mol. The van der Waals surface area contributed by atoms with E-state index >= 15 is 0 Å². The SMILES string of the molecule is O=C(c1ccccc1)C1C=CC(CCl)(CCl)C=C1. The number of carbonyl (C=O) groups excluding carboxylic acids is 1. The third kappa shape index (κ3) is 2.68. The molecule has 0 N–H and O–H groups in total. The van der Waals surface area contributed by atoms with Gasteiger partial charge in [-0.25, -0.2) is 0 Å². The molecule has 18 heavy (non-hydrogen) atoms. The molecule has 0 spiro atoms. The predicted octanol–water partition coefficient (Wildman–Crippen LogP) is 4.08. The van der Waals surface area contributed by atoms with Crippen LogP contribution in [0.4, 0.5) is 0 Å². The minimum Gasteiger partial charge on any atom is -0.293 e. The van der Waals surface area contributed by atoms with E-state index in [1.165, 1.54) is 0 Å². The zero-order valence-corrected chi connectivity index (χ0v) is 11.4. The molecule has 0 heterocycles. The van der Waals surface area contributed by atoms with E-state index in [0.29, 0.717) is 11.8 Å². The first-order valence-corrected chi connectivity index (χ1v) is 6.87. The van der Waals surface area contributed by atoms with Crippen LogP contribution in [-0.2, 0) is 0 Å². The molecule has 1 nitrogen and oxygen atoms in total. The van der Waals surface area contributed by atoms with Crippen molar-refractivity contribution in [3.8, 4) is 0 Å². The Kier molecular flexibility index (Phi) is 4.26. The fraction of sp³-hybridized carbons (Fsp3) is 0.267. The van der Waals surface area contributed by atoms with Crippen LogP contribution in [0.5, 0.6) is 0 Å². The minimum absolute atomic E-state index is 0.0980. The van der Waals surface area contributed by atoms with Crippen molar-refractivity contribution in [2.24, 2.45) is 11.3 Å². The van der Waals surface area contributed by atoms with Crippen LogP contribution >= 0.6 is 23.2 Å². The largest absolute Gasteiger partial charge is 0.293 e. The number of allylic oxidation sites excluding steroid dienone is 4. The summed E-state index contributed by atoms with van der Waals surface area (Å²) in [5.41, 5.74) is 0.414. The predicted molar refractivity (Wildman–Crippen MR) is 76.4 cm³/mol. The Bertz CT molecular complexity index is 457. The molecule has 0 fully saturated rings. The molecule has 0 amide bonds. The number of halogens is 2. The zero-order valence-electron chi connectivity index (χ0n) is 9.85. The normalized spacial score (nSPS) is 17.9.